The molecule has 0 saturated heterocycles. The van der Waals surface area contributed by atoms with Crippen molar-refractivity contribution in [2.75, 3.05) is 26.4 Å². The van der Waals surface area contributed by atoms with Gasteiger partial charge in [-0.15, -0.1) is 0 Å². The molecule has 0 aromatic rings. The van der Waals surface area contributed by atoms with E-state index in [-0.39, 0.29) is 5.91 Å². The zero-order chi connectivity index (χ0) is 14.7. The van der Waals surface area contributed by atoms with E-state index in [0.29, 0.717) is 38.0 Å². The summed E-state index contributed by atoms with van der Waals surface area (Å²) in [6.45, 7) is 13.4. The maximum atomic E-state index is 11.4. The molecule has 0 radical (unpaired) electrons. The molecule has 112 valence electrons. The molecule has 0 aliphatic heterocycles. The highest BCUT2D eigenvalue weighted by Crippen LogP contribution is 2.17. The molecule has 0 aliphatic rings. The Kier molecular flexibility index (Phi) is 9.77. The molecular formula is C13H27NO4Si. The van der Waals surface area contributed by atoms with Gasteiger partial charge in [0.15, 0.2) is 0 Å². The van der Waals surface area contributed by atoms with Gasteiger partial charge in [0.25, 0.3) is 0 Å². The third-order valence-electron chi connectivity index (χ3n) is 2.43. The van der Waals surface area contributed by atoms with Crippen LogP contribution in [0.3, 0.4) is 0 Å². The molecule has 0 rings (SSSR count). The van der Waals surface area contributed by atoms with Gasteiger partial charge in [0, 0.05) is 38.0 Å². The molecule has 0 aliphatic carbocycles. The summed E-state index contributed by atoms with van der Waals surface area (Å²) in [4.78, 5) is 11.4. The van der Waals surface area contributed by atoms with E-state index in [0.717, 1.165) is 6.42 Å². The van der Waals surface area contributed by atoms with Crippen LogP contribution in [0.25, 0.3) is 0 Å². The number of carbonyl (C=O) groups is 1. The smallest absolute Gasteiger partial charge is 0.374 e. The lowest BCUT2D eigenvalue weighted by molar-refractivity contribution is -0.117. The molecule has 0 saturated carbocycles. The maximum Gasteiger partial charge on any atom is 0.500 e. The van der Waals surface area contributed by atoms with Gasteiger partial charge in [-0.25, -0.2) is 0 Å². The first kappa shape index (κ1) is 18.3. The molecule has 0 aromatic carbocycles. The lowest BCUT2D eigenvalue weighted by atomic mass is 10.3. The number of hydrogen-bond acceptors (Lipinski definition) is 4. The predicted octanol–water partition coefficient (Wildman–Crippen LogP) is 2.12. The van der Waals surface area contributed by atoms with Crippen LogP contribution in [-0.2, 0) is 18.1 Å². The Bertz CT molecular complexity index is 267. The Hall–Kier alpha value is -0.693. The number of nitrogens with one attached hydrogen (secondary N) is 1. The molecular weight excluding hydrogens is 262 g/mol. The predicted molar refractivity (Wildman–Crippen MR) is 77.9 cm³/mol. The van der Waals surface area contributed by atoms with E-state index in [1.807, 2.05) is 20.8 Å². The number of rotatable bonds is 11. The lowest BCUT2D eigenvalue weighted by Crippen LogP contribution is -2.46. The highest BCUT2D eigenvalue weighted by molar-refractivity contribution is 6.60. The van der Waals surface area contributed by atoms with Gasteiger partial charge in [-0.2, -0.15) is 0 Å². The Morgan fingerprint density at radius 2 is 1.58 bits per heavy atom. The van der Waals surface area contributed by atoms with Crippen molar-refractivity contribution in [2.45, 2.75) is 40.2 Å². The fourth-order valence-electron chi connectivity index (χ4n) is 1.66. The summed E-state index contributed by atoms with van der Waals surface area (Å²) in [5.74, 6) is -0.114. The van der Waals surface area contributed by atoms with Gasteiger partial charge < -0.3 is 18.6 Å². The molecule has 0 spiro atoms. The van der Waals surface area contributed by atoms with Crippen molar-refractivity contribution in [3.8, 4) is 0 Å². The van der Waals surface area contributed by atoms with Crippen LogP contribution in [0.1, 0.15) is 34.1 Å². The molecule has 0 bridgehead atoms. The number of carbonyl (C=O) groups excluding carboxylic acids is 1. The van der Waals surface area contributed by atoms with Crippen molar-refractivity contribution in [3.05, 3.63) is 12.2 Å². The minimum atomic E-state index is -2.57. The largest absolute Gasteiger partial charge is 0.500 e. The molecule has 19 heavy (non-hydrogen) atoms. The lowest BCUT2D eigenvalue weighted by Gasteiger charge is -2.28. The van der Waals surface area contributed by atoms with Gasteiger partial charge in [-0.1, -0.05) is 6.58 Å². The first-order chi connectivity index (χ1) is 9.01. The van der Waals surface area contributed by atoms with E-state index in [4.69, 9.17) is 13.3 Å². The van der Waals surface area contributed by atoms with Crippen molar-refractivity contribution >= 4 is 14.7 Å². The topological polar surface area (TPSA) is 56.8 Å². The molecule has 0 unspecified atom stereocenters. The second kappa shape index (κ2) is 10.1. The maximum absolute atomic E-state index is 11.4. The Balaban J connectivity index is 4.24. The fraction of sp³-hybridized carbons (Fsp3) is 0.769. The van der Waals surface area contributed by atoms with Gasteiger partial charge in [-0.3, -0.25) is 4.79 Å². The third kappa shape index (κ3) is 7.46. The van der Waals surface area contributed by atoms with Crippen LogP contribution < -0.4 is 5.32 Å². The third-order valence-corrected chi connectivity index (χ3v) is 5.58. The van der Waals surface area contributed by atoms with E-state index >= 15 is 0 Å². The summed E-state index contributed by atoms with van der Waals surface area (Å²) in [7, 11) is -2.57. The van der Waals surface area contributed by atoms with E-state index in [1.165, 1.54) is 0 Å². The minimum Gasteiger partial charge on any atom is -0.374 e. The van der Waals surface area contributed by atoms with Gasteiger partial charge in [0.1, 0.15) is 0 Å². The average molecular weight is 289 g/mol. The van der Waals surface area contributed by atoms with Crippen molar-refractivity contribution < 1.29 is 18.1 Å². The number of hydrogen-bond donors (Lipinski definition) is 1. The summed E-state index contributed by atoms with van der Waals surface area (Å²) in [5.41, 5.74) is 0.517. The van der Waals surface area contributed by atoms with Crippen molar-refractivity contribution in [2.24, 2.45) is 0 Å². The molecule has 0 atom stereocenters. The first-order valence-electron chi connectivity index (χ1n) is 6.86. The van der Waals surface area contributed by atoms with Crippen LogP contribution >= 0.6 is 0 Å². The summed E-state index contributed by atoms with van der Waals surface area (Å²) < 4.78 is 17.2. The van der Waals surface area contributed by atoms with Crippen LogP contribution in [0, 0.1) is 0 Å². The Morgan fingerprint density at radius 1 is 1.11 bits per heavy atom. The van der Waals surface area contributed by atoms with Gasteiger partial charge in [0.2, 0.25) is 5.91 Å². The van der Waals surface area contributed by atoms with Gasteiger partial charge in [0.05, 0.1) is 0 Å². The molecule has 5 nitrogen and oxygen atoms in total. The van der Waals surface area contributed by atoms with Crippen LogP contribution in [0.15, 0.2) is 12.2 Å². The SMILES string of the molecule is C=C(C)C(=O)NCCC[Si](OCC)(OCC)OCC. The standard InChI is InChI=1S/C13H27NO4Si/c1-6-16-19(17-7-2,18-8-3)11-9-10-14-13(15)12(4)5/h4,6-11H2,1-3,5H3,(H,14,15). The molecule has 6 heteroatoms. The average Bonchev–Trinajstić information content (AvgIpc) is 2.35. The minimum absolute atomic E-state index is 0.114. The van der Waals surface area contributed by atoms with Gasteiger partial charge in [-0.05, 0) is 34.1 Å². The quantitative estimate of drug-likeness (QED) is 0.359. The van der Waals surface area contributed by atoms with Crippen molar-refractivity contribution in [3.63, 3.8) is 0 Å². The normalized spacial score (nSPS) is 11.4. The number of amides is 1. The zero-order valence-corrected chi connectivity index (χ0v) is 13.6. The van der Waals surface area contributed by atoms with E-state index < -0.39 is 8.80 Å². The summed E-state index contributed by atoms with van der Waals surface area (Å²) in [5, 5.41) is 2.80. The monoisotopic (exact) mass is 289 g/mol. The highest BCUT2D eigenvalue weighted by atomic mass is 28.4. The molecule has 0 aromatic heterocycles. The van der Waals surface area contributed by atoms with Crippen molar-refractivity contribution in [1.29, 1.82) is 0 Å². The van der Waals surface area contributed by atoms with Crippen LogP contribution in [0.4, 0.5) is 0 Å². The molecule has 0 fully saturated rings. The second-order valence-electron chi connectivity index (χ2n) is 4.12. The fourth-order valence-corrected chi connectivity index (χ4v) is 4.27. The summed E-state index contributed by atoms with van der Waals surface area (Å²) >= 11 is 0. The second-order valence-corrected chi connectivity index (χ2v) is 6.85. The first-order valence-corrected chi connectivity index (χ1v) is 8.80. The zero-order valence-electron chi connectivity index (χ0n) is 12.6. The van der Waals surface area contributed by atoms with Crippen LogP contribution in [-0.4, -0.2) is 41.1 Å². The van der Waals surface area contributed by atoms with Gasteiger partial charge >= 0.3 is 8.80 Å². The highest BCUT2D eigenvalue weighted by Gasteiger charge is 2.39. The van der Waals surface area contributed by atoms with E-state index in [2.05, 4.69) is 11.9 Å². The van der Waals surface area contributed by atoms with Crippen molar-refractivity contribution in [1.82, 2.24) is 5.32 Å². The molecule has 0 heterocycles. The van der Waals surface area contributed by atoms with Crippen LogP contribution in [0.2, 0.25) is 6.04 Å². The summed E-state index contributed by atoms with van der Waals surface area (Å²) in [6.07, 6.45) is 0.769. The molecule has 1 N–H and O–H groups in total. The van der Waals surface area contributed by atoms with E-state index in [9.17, 15) is 4.79 Å². The van der Waals surface area contributed by atoms with E-state index in [1.54, 1.807) is 6.92 Å². The molecule has 1 amide bonds. The summed E-state index contributed by atoms with van der Waals surface area (Å²) in [6, 6.07) is 0.707. The Morgan fingerprint density at radius 3 is 1.95 bits per heavy atom. The van der Waals surface area contributed by atoms with Crippen LogP contribution in [0.5, 0.6) is 0 Å². The Labute approximate surface area is 117 Å².